The van der Waals surface area contributed by atoms with Gasteiger partial charge in [0, 0.05) is 0 Å². The summed E-state index contributed by atoms with van der Waals surface area (Å²) in [6.45, 7) is 0.316. The molecule has 2 unspecified atom stereocenters. The number of carboxylic acid groups (broad SMARTS) is 1. The fraction of sp³-hybridized carbons (Fsp3) is 0.667. The highest BCUT2D eigenvalue weighted by Gasteiger charge is 2.40. The summed E-state index contributed by atoms with van der Waals surface area (Å²) in [7, 11) is 0. The minimum Gasteiger partial charge on any atom is -0.481 e. The smallest absolute Gasteiger partial charge is 0.314 e. The zero-order valence-corrected chi connectivity index (χ0v) is 6.02. The highest BCUT2D eigenvalue weighted by Crippen LogP contribution is 2.19. The van der Waals surface area contributed by atoms with Crippen LogP contribution in [0, 0.1) is 5.41 Å². The van der Waals surface area contributed by atoms with Gasteiger partial charge in [0.1, 0.15) is 17.8 Å². The van der Waals surface area contributed by atoms with Crippen molar-refractivity contribution < 1.29 is 24.9 Å². The normalized spacial score (nSPS) is 18.5. The van der Waals surface area contributed by atoms with Gasteiger partial charge in [-0.2, -0.15) is 0 Å². The van der Waals surface area contributed by atoms with E-state index in [4.69, 9.17) is 15.3 Å². The van der Waals surface area contributed by atoms with Gasteiger partial charge in [0.25, 0.3) is 0 Å². The molecule has 0 spiro atoms. The standard InChI is InChI=1S/C6H10O5/c1-6(3-8,5(10)11)4(9)2-7/h2,4,8-9H,3H2,1H3,(H,10,11). The molecular formula is C6H10O5. The van der Waals surface area contributed by atoms with E-state index in [1.807, 2.05) is 0 Å². The lowest BCUT2D eigenvalue weighted by Crippen LogP contribution is -2.43. The molecule has 11 heavy (non-hydrogen) atoms. The summed E-state index contributed by atoms with van der Waals surface area (Å²) in [5.41, 5.74) is -1.79. The first kappa shape index (κ1) is 10.1. The van der Waals surface area contributed by atoms with E-state index in [0.717, 1.165) is 6.92 Å². The van der Waals surface area contributed by atoms with Crippen molar-refractivity contribution in [3.63, 3.8) is 0 Å². The molecule has 5 nitrogen and oxygen atoms in total. The van der Waals surface area contributed by atoms with Gasteiger partial charge < -0.3 is 20.1 Å². The summed E-state index contributed by atoms with van der Waals surface area (Å²) in [5.74, 6) is -1.40. The van der Waals surface area contributed by atoms with Gasteiger partial charge in [-0.25, -0.2) is 0 Å². The monoisotopic (exact) mass is 162 g/mol. The lowest BCUT2D eigenvalue weighted by atomic mass is 9.86. The topological polar surface area (TPSA) is 94.8 Å². The molecule has 0 saturated heterocycles. The number of hydrogen-bond acceptors (Lipinski definition) is 4. The summed E-state index contributed by atoms with van der Waals surface area (Å²) in [6.07, 6.45) is -1.59. The van der Waals surface area contributed by atoms with Crippen LogP contribution in [0.15, 0.2) is 0 Å². The fourth-order valence-electron chi connectivity index (χ4n) is 0.438. The van der Waals surface area contributed by atoms with Crippen LogP contribution in [0.5, 0.6) is 0 Å². The van der Waals surface area contributed by atoms with Gasteiger partial charge in [-0.3, -0.25) is 4.79 Å². The summed E-state index contributed by atoms with van der Waals surface area (Å²) < 4.78 is 0. The molecule has 0 aliphatic rings. The van der Waals surface area contributed by atoms with E-state index in [-0.39, 0.29) is 6.29 Å². The number of rotatable bonds is 4. The van der Waals surface area contributed by atoms with Crippen LogP contribution in [0.4, 0.5) is 0 Å². The minimum atomic E-state index is -1.79. The molecule has 0 amide bonds. The first-order chi connectivity index (χ1) is 4.99. The van der Waals surface area contributed by atoms with Crippen LogP contribution in [0.25, 0.3) is 0 Å². The first-order valence-corrected chi connectivity index (χ1v) is 2.96. The zero-order chi connectivity index (χ0) is 9.07. The maximum atomic E-state index is 10.4. The van der Waals surface area contributed by atoms with E-state index in [2.05, 4.69) is 0 Å². The lowest BCUT2D eigenvalue weighted by molar-refractivity contribution is -0.160. The molecule has 0 rings (SSSR count). The number of hydrogen-bond donors (Lipinski definition) is 3. The average Bonchev–Trinajstić information content (AvgIpc) is 2.01. The number of carbonyl (C=O) groups is 2. The van der Waals surface area contributed by atoms with Crippen LogP contribution in [0.3, 0.4) is 0 Å². The third-order valence-corrected chi connectivity index (χ3v) is 1.60. The third-order valence-electron chi connectivity index (χ3n) is 1.60. The number of carboxylic acids is 1. The van der Waals surface area contributed by atoms with E-state index in [0.29, 0.717) is 0 Å². The van der Waals surface area contributed by atoms with Crippen molar-refractivity contribution in [3.8, 4) is 0 Å². The van der Waals surface area contributed by atoms with E-state index in [9.17, 15) is 9.59 Å². The Morgan fingerprint density at radius 3 is 2.27 bits per heavy atom. The molecule has 0 radical (unpaired) electrons. The summed E-state index contributed by atoms with van der Waals surface area (Å²) >= 11 is 0. The van der Waals surface area contributed by atoms with Crippen molar-refractivity contribution in [1.82, 2.24) is 0 Å². The molecule has 0 fully saturated rings. The second-order valence-electron chi connectivity index (χ2n) is 2.46. The Hall–Kier alpha value is -0.940. The molecule has 0 heterocycles. The minimum absolute atomic E-state index is 0.0876. The Kier molecular flexibility index (Phi) is 3.16. The highest BCUT2D eigenvalue weighted by molar-refractivity contribution is 5.80. The van der Waals surface area contributed by atoms with E-state index < -0.39 is 24.1 Å². The quantitative estimate of drug-likeness (QED) is 0.443. The Balaban J connectivity index is 4.58. The van der Waals surface area contributed by atoms with Crippen molar-refractivity contribution in [3.05, 3.63) is 0 Å². The molecule has 0 bridgehead atoms. The van der Waals surface area contributed by atoms with E-state index >= 15 is 0 Å². The molecule has 0 aromatic rings. The van der Waals surface area contributed by atoms with E-state index in [1.165, 1.54) is 0 Å². The van der Waals surface area contributed by atoms with Gasteiger partial charge in [0.05, 0.1) is 6.61 Å². The average molecular weight is 162 g/mol. The van der Waals surface area contributed by atoms with Gasteiger partial charge in [-0.05, 0) is 6.92 Å². The van der Waals surface area contributed by atoms with Crippen molar-refractivity contribution in [1.29, 1.82) is 0 Å². The predicted octanol–water partition coefficient (Wildman–Crippen LogP) is -1.37. The van der Waals surface area contributed by atoms with Crippen LogP contribution < -0.4 is 0 Å². The van der Waals surface area contributed by atoms with Crippen molar-refractivity contribution in [2.24, 2.45) is 5.41 Å². The Bertz CT molecular complexity index is 166. The Morgan fingerprint density at radius 2 is 2.18 bits per heavy atom. The molecule has 64 valence electrons. The number of aldehydes is 1. The highest BCUT2D eigenvalue weighted by atomic mass is 16.4. The van der Waals surface area contributed by atoms with Crippen LogP contribution in [-0.4, -0.2) is 40.3 Å². The van der Waals surface area contributed by atoms with Crippen LogP contribution >= 0.6 is 0 Å². The number of carbonyl (C=O) groups excluding carboxylic acids is 1. The Morgan fingerprint density at radius 1 is 1.73 bits per heavy atom. The maximum Gasteiger partial charge on any atom is 0.314 e. The summed E-state index contributed by atoms with van der Waals surface area (Å²) in [5, 5.41) is 25.9. The largest absolute Gasteiger partial charge is 0.481 e. The number of aliphatic carboxylic acids is 1. The third kappa shape index (κ3) is 1.75. The fourth-order valence-corrected chi connectivity index (χ4v) is 0.438. The van der Waals surface area contributed by atoms with Gasteiger partial charge in [-0.15, -0.1) is 0 Å². The van der Waals surface area contributed by atoms with Gasteiger partial charge in [-0.1, -0.05) is 0 Å². The second kappa shape index (κ2) is 3.45. The molecule has 0 aromatic carbocycles. The molecule has 0 aliphatic heterocycles. The molecule has 0 aliphatic carbocycles. The van der Waals surface area contributed by atoms with Gasteiger partial charge in [0.15, 0.2) is 0 Å². The summed E-state index contributed by atoms with van der Waals surface area (Å²) in [4.78, 5) is 20.4. The number of aliphatic hydroxyl groups excluding tert-OH is 2. The predicted molar refractivity (Wildman–Crippen MR) is 34.9 cm³/mol. The first-order valence-electron chi connectivity index (χ1n) is 2.96. The zero-order valence-electron chi connectivity index (χ0n) is 6.02. The SMILES string of the molecule is CC(CO)(C(=O)O)C(O)C=O. The van der Waals surface area contributed by atoms with Crippen molar-refractivity contribution in [2.45, 2.75) is 13.0 Å². The number of aliphatic hydroxyl groups is 2. The molecular weight excluding hydrogens is 152 g/mol. The van der Waals surface area contributed by atoms with Gasteiger partial charge in [0.2, 0.25) is 0 Å². The maximum absolute atomic E-state index is 10.4. The molecule has 2 atom stereocenters. The van der Waals surface area contributed by atoms with Crippen LogP contribution in [-0.2, 0) is 9.59 Å². The van der Waals surface area contributed by atoms with Gasteiger partial charge >= 0.3 is 5.97 Å². The summed E-state index contributed by atoms with van der Waals surface area (Å²) in [6, 6.07) is 0. The molecule has 0 aromatic heterocycles. The van der Waals surface area contributed by atoms with Crippen molar-refractivity contribution in [2.75, 3.05) is 6.61 Å². The Labute approximate surface area is 63.3 Å². The molecule has 3 N–H and O–H groups in total. The lowest BCUT2D eigenvalue weighted by Gasteiger charge is -2.23. The van der Waals surface area contributed by atoms with Crippen molar-refractivity contribution >= 4 is 12.3 Å². The second-order valence-corrected chi connectivity index (χ2v) is 2.46. The van der Waals surface area contributed by atoms with E-state index in [1.54, 1.807) is 0 Å². The van der Waals surface area contributed by atoms with Crippen LogP contribution in [0.1, 0.15) is 6.92 Å². The molecule has 5 heteroatoms. The van der Waals surface area contributed by atoms with Crippen LogP contribution in [0.2, 0.25) is 0 Å². The molecule has 0 saturated carbocycles.